The van der Waals surface area contributed by atoms with Gasteiger partial charge in [0.15, 0.2) is 0 Å². The van der Waals surface area contributed by atoms with Gasteiger partial charge in [-0.1, -0.05) is 37.3 Å². The minimum Gasteiger partial charge on any atom is -0.489 e. The van der Waals surface area contributed by atoms with Gasteiger partial charge in [0.25, 0.3) is 0 Å². The fourth-order valence-corrected chi connectivity index (χ4v) is 2.22. The molecule has 0 fully saturated rings. The molecule has 2 rings (SSSR count). The van der Waals surface area contributed by atoms with Gasteiger partial charge in [-0.05, 0) is 31.2 Å². The average Bonchev–Trinajstić information content (AvgIpc) is 2.60. The number of aliphatic hydroxyl groups is 1. The number of benzene rings is 1. The second-order valence-electron chi connectivity index (χ2n) is 5.64. The van der Waals surface area contributed by atoms with E-state index < -0.39 is 6.10 Å². The highest BCUT2D eigenvalue weighted by atomic mass is 16.5. The first kappa shape index (κ1) is 18.4. The van der Waals surface area contributed by atoms with Crippen LogP contribution < -0.4 is 10.1 Å². The summed E-state index contributed by atoms with van der Waals surface area (Å²) in [5.74, 6) is 0.698. The Morgan fingerprint density at radius 3 is 2.67 bits per heavy atom. The summed E-state index contributed by atoms with van der Waals surface area (Å²) in [5, 5.41) is 13.3. The van der Waals surface area contributed by atoms with Crippen molar-refractivity contribution in [1.29, 1.82) is 0 Å². The monoisotopic (exact) mass is 330 g/mol. The molecular weight excluding hydrogens is 304 g/mol. The molecule has 0 aliphatic rings. The van der Waals surface area contributed by atoms with Crippen molar-refractivity contribution >= 4 is 0 Å². The molecule has 24 heavy (non-hydrogen) atoms. The molecular formula is C19H26N2O3. The molecule has 1 unspecified atom stereocenters. The Balaban J connectivity index is 1.77. The number of nitrogens with zero attached hydrogens (tertiary/aromatic N) is 1. The number of pyridine rings is 1. The zero-order valence-corrected chi connectivity index (χ0v) is 14.4. The van der Waals surface area contributed by atoms with Crippen LogP contribution in [0.2, 0.25) is 0 Å². The number of aliphatic hydroxyl groups excluding tert-OH is 1. The fourth-order valence-electron chi connectivity index (χ4n) is 2.22. The third-order valence-electron chi connectivity index (χ3n) is 3.47. The Bertz CT molecular complexity index is 605. The Morgan fingerprint density at radius 1 is 1.12 bits per heavy atom. The van der Waals surface area contributed by atoms with Crippen LogP contribution >= 0.6 is 0 Å². The summed E-state index contributed by atoms with van der Waals surface area (Å²) in [6.45, 7) is 6.40. The van der Waals surface area contributed by atoms with E-state index in [1.165, 1.54) is 0 Å². The number of aromatic nitrogens is 1. The molecule has 5 heteroatoms. The number of ether oxygens (including phenoxy) is 2. The van der Waals surface area contributed by atoms with Crippen molar-refractivity contribution in [3.63, 3.8) is 0 Å². The first-order valence-corrected chi connectivity index (χ1v) is 8.28. The van der Waals surface area contributed by atoms with Crippen LogP contribution in [0.25, 0.3) is 0 Å². The van der Waals surface area contributed by atoms with Gasteiger partial charge in [0.05, 0.1) is 18.9 Å². The second-order valence-corrected chi connectivity index (χ2v) is 5.64. The molecule has 1 aromatic heterocycles. The lowest BCUT2D eigenvalue weighted by atomic mass is 10.2. The zero-order valence-electron chi connectivity index (χ0n) is 14.4. The SMILES string of the molecule is CCNCc1nc(C)ccc1OCC(O)COCc1ccccc1. The highest BCUT2D eigenvalue weighted by Gasteiger charge is 2.10. The highest BCUT2D eigenvalue weighted by Crippen LogP contribution is 2.17. The van der Waals surface area contributed by atoms with Gasteiger partial charge in [0.1, 0.15) is 18.5 Å². The molecule has 0 radical (unpaired) electrons. The van der Waals surface area contributed by atoms with Gasteiger partial charge in [-0.2, -0.15) is 0 Å². The maximum atomic E-state index is 10.0. The van der Waals surface area contributed by atoms with Gasteiger partial charge in [-0.25, -0.2) is 0 Å². The number of rotatable bonds is 10. The van der Waals surface area contributed by atoms with Crippen LogP contribution in [0, 0.1) is 6.92 Å². The van der Waals surface area contributed by atoms with Gasteiger partial charge < -0.3 is 19.9 Å². The number of aryl methyl sites for hydroxylation is 1. The van der Waals surface area contributed by atoms with Crippen molar-refractivity contribution in [2.45, 2.75) is 33.1 Å². The third kappa shape index (κ3) is 6.28. The summed E-state index contributed by atoms with van der Waals surface area (Å²) >= 11 is 0. The van der Waals surface area contributed by atoms with Crippen molar-refractivity contribution in [2.24, 2.45) is 0 Å². The quantitative estimate of drug-likeness (QED) is 0.701. The predicted octanol–water partition coefficient (Wildman–Crippen LogP) is 2.46. The fraction of sp³-hybridized carbons (Fsp3) is 0.421. The van der Waals surface area contributed by atoms with E-state index in [0.29, 0.717) is 18.9 Å². The summed E-state index contributed by atoms with van der Waals surface area (Å²) in [4.78, 5) is 4.49. The molecule has 0 aliphatic carbocycles. The van der Waals surface area contributed by atoms with Crippen LogP contribution in [0.4, 0.5) is 0 Å². The van der Waals surface area contributed by atoms with Gasteiger partial charge in [-0.15, -0.1) is 0 Å². The lowest BCUT2D eigenvalue weighted by Gasteiger charge is -2.15. The van der Waals surface area contributed by atoms with Gasteiger partial charge in [-0.3, -0.25) is 4.98 Å². The molecule has 2 aromatic rings. The molecule has 1 aromatic carbocycles. The maximum absolute atomic E-state index is 10.0. The lowest BCUT2D eigenvalue weighted by molar-refractivity contribution is 0.00523. The van der Waals surface area contributed by atoms with E-state index in [1.807, 2.05) is 56.3 Å². The van der Waals surface area contributed by atoms with E-state index in [0.717, 1.165) is 23.5 Å². The molecule has 0 amide bonds. The molecule has 0 saturated carbocycles. The number of hydrogen-bond donors (Lipinski definition) is 2. The Morgan fingerprint density at radius 2 is 1.92 bits per heavy atom. The maximum Gasteiger partial charge on any atom is 0.142 e. The molecule has 5 nitrogen and oxygen atoms in total. The molecule has 0 saturated heterocycles. The molecule has 130 valence electrons. The topological polar surface area (TPSA) is 63.6 Å². The molecule has 0 bridgehead atoms. The van der Waals surface area contributed by atoms with Crippen molar-refractivity contribution in [3.8, 4) is 5.75 Å². The van der Waals surface area contributed by atoms with E-state index in [-0.39, 0.29) is 13.2 Å². The number of nitrogens with one attached hydrogen (secondary N) is 1. The van der Waals surface area contributed by atoms with Gasteiger partial charge in [0.2, 0.25) is 0 Å². The Kier molecular flexibility index (Phi) is 7.68. The van der Waals surface area contributed by atoms with Crippen molar-refractivity contribution in [2.75, 3.05) is 19.8 Å². The van der Waals surface area contributed by atoms with Crippen LogP contribution in [0.3, 0.4) is 0 Å². The molecule has 1 heterocycles. The smallest absolute Gasteiger partial charge is 0.142 e. The largest absolute Gasteiger partial charge is 0.489 e. The second kappa shape index (κ2) is 10.0. The van der Waals surface area contributed by atoms with Crippen LogP contribution in [-0.2, 0) is 17.9 Å². The summed E-state index contributed by atoms with van der Waals surface area (Å²) < 4.78 is 11.2. The van der Waals surface area contributed by atoms with Gasteiger partial charge in [0, 0.05) is 12.2 Å². The molecule has 0 spiro atoms. The average molecular weight is 330 g/mol. The number of hydrogen-bond acceptors (Lipinski definition) is 5. The van der Waals surface area contributed by atoms with E-state index in [9.17, 15) is 5.11 Å². The third-order valence-corrected chi connectivity index (χ3v) is 3.47. The van der Waals surface area contributed by atoms with Gasteiger partial charge >= 0.3 is 0 Å². The Labute approximate surface area is 143 Å². The first-order chi connectivity index (χ1) is 11.7. The molecule has 0 aliphatic heterocycles. The summed E-state index contributed by atoms with van der Waals surface area (Å²) in [6.07, 6.45) is -0.679. The standard InChI is InChI=1S/C19H26N2O3/c1-3-20-11-18-19(10-9-15(2)21-18)24-14-17(22)13-23-12-16-7-5-4-6-8-16/h4-10,17,20,22H,3,11-14H2,1-2H3. The minimum absolute atomic E-state index is 0.179. The van der Waals surface area contributed by atoms with Crippen molar-refractivity contribution in [3.05, 3.63) is 59.4 Å². The van der Waals surface area contributed by atoms with Crippen LogP contribution in [0.15, 0.2) is 42.5 Å². The zero-order chi connectivity index (χ0) is 17.2. The minimum atomic E-state index is -0.679. The van der Waals surface area contributed by atoms with Crippen LogP contribution in [0.1, 0.15) is 23.9 Å². The lowest BCUT2D eigenvalue weighted by Crippen LogP contribution is -2.24. The van der Waals surface area contributed by atoms with Crippen LogP contribution in [-0.4, -0.2) is 36.0 Å². The summed E-state index contributed by atoms with van der Waals surface area (Å²) in [6, 6.07) is 13.7. The van der Waals surface area contributed by atoms with E-state index >= 15 is 0 Å². The predicted molar refractivity (Wildman–Crippen MR) is 94.0 cm³/mol. The summed E-state index contributed by atoms with van der Waals surface area (Å²) in [5.41, 5.74) is 2.89. The van der Waals surface area contributed by atoms with Crippen LogP contribution in [0.5, 0.6) is 5.75 Å². The van der Waals surface area contributed by atoms with E-state index in [2.05, 4.69) is 10.3 Å². The van der Waals surface area contributed by atoms with E-state index in [4.69, 9.17) is 9.47 Å². The summed E-state index contributed by atoms with van der Waals surface area (Å²) in [7, 11) is 0. The highest BCUT2D eigenvalue weighted by molar-refractivity contribution is 5.29. The first-order valence-electron chi connectivity index (χ1n) is 8.28. The normalized spacial score (nSPS) is 12.1. The van der Waals surface area contributed by atoms with Crippen molar-refractivity contribution in [1.82, 2.24) is 10.3 Å². The molecule has 1 atom stereocenters. The van der Waals surface area contributed by atoms with Crippen molar-refractivity contribution < 1.29 is 14.6 Å². The Hall–Kier alpha value is -1.95. The molecule has 2 N–H and O–H groups in total. The van der Waals surface area contributed by atoms with E-state index in [1.54, 1.807) is 0 Å².